The van der Waals surface area contributed by atoms with Crippen LogP contribution in [0.5, 0.6) is 11.5 Å². The lowest BCUT2D eigenvalue weighted by Gasteiger charge is -2.32. The first-order valence-electron chi connectivity index (χ1n) is 9.98. The van der Waals surface area contributed by atoms with Crippen molar-refractivity contribution in [2.45, 2.75) is 39.2 Å². The minimum Gasteiger partial charge on any atom is -0.454 e. The van der Waals surface area contributed by atoms with Crippen LogP contribution in [0.1, 0.15) is 44.0 Å². The Hall–Kier alpha value is -2.76. The SMILES string of the molecule is CC(C)c1nccn1CC1CCN(C(=O)/C=C/c2ccc3c(c2)OCO3)CC1. The van der Waals surface area contributed by atoms with Crippen molar-refractivity contribution in [2.75, 3.05) is 19.9 Å². The predicted molar refractivity (Wildman–Crippen MR) is 107 cm³/mol. The number of hydrogen-bond acceptors (Lipinski definition) is 4. The van der Waals surface area contributed by atoms with Gasteiger partial charge in [0.1, 0.15) is 5.82 Å². The molecule has 4 rings (SSSR count). The summed E-state index contributed by atoms with van der Waals surface area (Å²) in [4.78, 5) is 19.0. The number of piperidine rings is 1. The molecule has 2 aromatic rings. The topological polar surface area (TPSA) is 56.6 Å². The van der Waals surface area contributed by atoms with E-state index >= 15 is 0 Å². The maximum absolute atomic E-state index is 12.5. The monoisotopic (exact) mass is 381 g/mol. The Balaban J connectivity index is 1.29. The van der Waals surface area contributed by atoms with Gasteiger partial charge >= 0.3 is 0 Å². The van der Waals surface area contributed by atoms with Crippen molar-refractivity contribution in [3.05, 3.63) is 48.1 Å². The van der Waals surface area contributed by atoms with Crippen molar-refractivity contribution < 1.29 is 14.3 Å². The lowest BCUT2D eigenvalue weighted by Crippen LogP contribution is -2.38. The number of amides is 1. The van der Waals surface area contributed by atoms with E-state index in [1.807, 2.05) is 35.4 Å². The normalized spacial score (nSPS) is 17.0. The molecule has 1 fully saturated rings. The second-order valence-corrected chi connectivity index (χ2v) is 7.81. The fourth-order valence-electron chi connectivity index (χ4n) is 3.88. The number of imidazole rings is 1. The molecule has 2 aliphatic rings. The smallest absolute Gasteiger partial charge is 0.246 e. The molecular formula is C22H27N3O3. The third kappa shape index (κ3) is 4.06. The number of nitrogens with zero attached hydrogens (tertiary/aromatic N) is 3. The second-order valence-electron chi connectivity index (χ2n) is 7.81. The molecule has 2 aliphatic heterocycles. The van der Waals surface area contributed by atoms with E-state index in [4.69, 9.17) is 9.47 Å². The molecule has 0 spiro atoms. The summed E-state index contributed by atoms with van der Waals surface area (Å²) >= 11 is 0. The molecule has 6 nitrogen and oxygen atoms in total. The van der Waals surface area contributed by atoms with Gasteiger partial charge in [-0.2, -0.15) is 0 Å². The average Bonchev–Trinajstić information content (AvgIpc) is 3.35. The number of benzene rings is 1. The minimum absolute atomic E-state index is 0.0709. The van der Waals surface area contributed by atoms with Gasteiger partial charge in [-0.25, -0.2) is 4.98 Å². The summed E-state index contributed by atoms with van der Waals surface area (Å²) in [7, 11) is 0. The summed E-state index contributed by atoms with van der Waals surface area (Å²) < 4.78 is 13.0. The van der Waals surface area contributed by atoms with E-state index in [0.717, 1.165) is 55.4 Å². The third-order valence-corrected chi connectivity index (χ3v) is 5.46. The molecule has 0 saturated carbocycles. The van der Waals surface area contributed by atoms with E-state index in [0.29, 0.717) is 11.8 Å². The van der Waals surface area contributed by atoms with Crippen molar-refractivity contribution in [1.29, 1.82) is 0 Å². The largest absolute Gasteiger partial charge is 0.454 e. The number of carbonyl (C=O) groups is 1. The standard InChI is InChI=1S/C22H27N3O3/c1-16(2)22-23-9-12-25(22)14-18-7-10-24(11-8-18)21(26)6-4-17-3-5-19-20(13-17)28-15-27-19/h3-6,9,12-13,16,18H,7-8,10-11,14-15H2,1-2H3/b6-4+. The van der Waals surface area contributed by atoms with Gasteiger partial charge in [-0.1, -0.05) is 19.9 Å². The quantitative estimate of drug-likeness (QED) is 0.742. The molecule has 0 N–H and O–H groups in total. The molecule has 0 radical (unpaired) electrons. The number of ether oxygens (including phenoxy) is 2. The van der Waals surface area contributed by atoms with E-state index in [-0.39, 0.29) is 12.7 Å². The molecule has 1 amide bonds. The van der Waals surface area contributed by atoms with Crippen molar-refractivity contribution in [3.63, 3.8) is 0 Å². The van der Waals surface area contributed by atoms with Gasteiger partial charge in [-0.15, -0.1) is 0 Å². The Kier molecular flexibility index (Phi) is 5.37. The van der Waals surface area contributed by atoms with Gasteiger partial charge in [0.2, 0.25) is 12.7 Å². The summed E-state index contributed by atoms with van der Waals surface area (Å²) in [6, 6.07) is 5.70. The third-order valence-electron chi connectivity index (χ3n) is 5.46. The van der Waals surface area contributed by atoms with Crippen LogP contribution in [0.25, 0.3) is 6.08 Å². The summed E-state index contributed by atoms with van der Waals surface area (Å²) in [6.45, 7) is 7.21. The van der Waals surface area contributed by atoms with E-state index in [1.54, 1.807) is 6.08 Å². The van der Waals surface area contributed by atoms with Gasteiger partial charge < -0.3 is 18.9 Å². The fourth-order valence-corrected chi connectivity index (χ4v) is 3.88. The molecule has 1 aromatic carbocycles. The highest BCUT2D eigenvalue weighted by Gasteiger charge is 2.23. The van der Waals surface area contributed by atoms with Gasteiger partial charge in [-0.3, -0.25) is 4.79 Å². The fraction of sp³-hybridized carbons (Fsp3) is 0.455. The molecule has 1 aromatic heterocycles. The summed E-state index contributed by atoms with van der Waals surface area (Å²) in [5.74, 6) is 3.72. The highest BCUT2D eigenvalue weighted by atomic mass is 16.7. The van der Waals surface area contributed by atoms with Crippen molar-refractivity contribution >= 4 is 12.0 Å². The van der Waals surface area contributed by atoms with E-state index in [9.17, 15) is 4.79 Å². The van der Waals surface area contributed by atoms with Crippen LogP contribution in [0.15, 0.2) is 36.7 Å². The summed E-state index contributed by atoms with van der Waals surface area (Å²) in [5.41, 5.74) is 0.939. The first-order chi connectivity index (χ1) is 13.6. The van der Waals surface area contributed by atoms with Crippen LogP contribution in [-0.4, -0.2) is 40.2 Å². The summed E-state index contributed by atoms with van der Waals surface area (Å²) in [6.07, 6.45) is 9.51. The Morgan fingerprint density at radius 3 is 2.82 bits per heavy atom. The Bertz CT molecular complexity index is 864. The average molecular weight is 381 g/mol. The first-order valence-corrected chi connectivity index (χ1v) is 9.98. The molecule has 0 bridgehead atoms. The molecule has 6 heteroatoms. The molecule has 3 heterocycles. The number of fused-ring (bicyclic) bond motifs is 1. The molecular weight excluding hydrogens is 354 g/mol. The molecule has 1 saturated heterocycles. The van der Waals surface area contributed by atoms with Gasteiger partial charge in [0, 0.05) is 44.0 Å². The molecule has 148 valence electrons. The van der Waals surface area contributed by atoms with Crippen LogP contribution in [0.2, 0.25) is 0 Å². The van der Waals surface area contributed by atoms with Crippen LogP contribution in [-0.2, 0) is 11.3 Å². The zero-order valence-corrected chi connectivity index (χ0v) is 16.5. The highest BCUT2D eigenvalue weighted by molar-refractivity contribution is 5.91. The van der Waals surface area contributed by atoms with Crippen LogP contribution in [0, 0.1) is 5.92 Å². The number of aromatic nitrogens is 2. The van der Waals surface area contributed by atoms with Crippen LogP contribution in [0.4, 0.5) is 0 Å². The van der Waals surface area contributed by atoms with E-state index in [1.165, 1.54) is 0 Å². The molecule has 28 heavy (non-hydrogen) atoms. The van der Waals surface area contributed by atoms with Gasteiger partial charge in [0.15, 0.2) is 11.5 Å². The van der Waals surface area contributed by atoms with Crippen molar-refractivity contribution in [1.82, 2.24) is 14.5 Å². The Morgan fingerprint density at radius 1 is 1.25 bits per heavy atom. The van der Waals surface area contributed by atoms with E-state index < -0.39 is 0 Å². The Morgan fingerprint density at radius 2 is 2.04 bits per heavy atom. The Labute approximate surface area is 165 Å². The lowest BCUT2D eigenvalue weighted by atomic mass is 9.96. The van der Waals surface area contributed by atoms with E-state index in [2.05, 4.69) is 29.6 Å². The highest BCUT2D eigenvalue weighted by Crippen LogP contribution is 2.32. The maximum Gasteiger partial charge on any atom is 0.246 e. The second kappa shape index (κ2) is 8.09. The number of hydrogen-bond donors (Lipinski definition) is 0. The van der Waals surface area contributed by atoms with Gasteiger partial charge in [-0.05, 0) is 42.5 Å². The predicted octanol–water partition coefficient (Wildman–Crippen LogP) is 3.69. The number of carbonyl (C=O) groups excluding carboxylic acids is 1. The maximum atomic E-state index is 12.5. The minimum atomic E-state index is 0.0709. The zero-order valence-electron chi connectivity index (χ0n) is 16.5. The van der Waals surface area contributed by atoms with Crippen LogP contribution in [0.3, 0.4) is 0 Å². The molecule has 0 unspecified atom stereocenters. The van der Waals surface area contributed by atoms with Crippen molar-refractivity contribution in [3.8, 4) is 11.5 Å². The number of rotatable bonds is 5. The molecule has 0 atom stereocenters. The number of likely N-dealkylation sites (tertiary alicyclic amines) is 1. The van der Waals surface area contributed by atoms with Crippen LogP contribution >= 0.6 is 0 Å². The first kappa shape index (κ1) is 18.6. The molecule has 0 aliphatic carbocycles. The van der Waals surface area contributed by atoms with Gasteiger partial charge in [0.25, 0.3) is 0 Å². The van der Waals surface area contributed by atoms with Crippen molar-refractivity contribution in [2.24, 2.45) is 5.92 Å². The van der Waals surface area contributed by atoms with Crippen LogP contribution < -0.4 is 9.47 Å². The zero-order chi connectivity index (χ0) is 19.5. The lowest BCUT2D eigenvalue weighted by molar-refractivity contribution is -0.127. The summed E-state index contributed by atoms with van der Waals surface area (Å²) in [5, 5.41) is 0. The van der Waals surface area contributed by atoms with Gasteiger partial charge in [0.05, 0.1) is 0 Å².